The van der Waals surface area contributed by atoms with Crippen molar-refractivity contribution in [2.45, 2.75) is 20.8 Å². The number of H-pyrrole nitrogens is 1. The first kappa shape index (κ1) is 12.4. The molecule has 0 atom stereocenters. The van der Waals surface area contributed by atoms with E-state index in [1.807, 2.05) is 13.0 Å². The molecule has 3 heteroatoms. The molecule has 0 saturated carbocycles. The Kier molecular flexibility index (Phi) is 3.24. The Balaban J connectivity index is 2.49. The number of nitrogens with two attached hydrogens (primary N) is 1. The second-order valence-corrected chi connectivity index (χ2v) is 4.98. The average molecular weight is 241 g/mol. The summed E-state index contributed by atoms with van der Waals surface area (Å²) in [5.41, 5.74) is 6.72. The molecular weight excluding hydrogens is 222 g/mol. The van der Waals surface area contributed by atoms with Crippen molar-refractivity contribution in [3.63, 3.8) is 0 Å². The first-order valence-electron chi connectivity index (χ1n) is 6.09. The van der Waals surface area contributed by atoms with Gasteiger partial charge >= 0.3 is 0 Å². The molecule has 0 aromatic carbocycles. The van der Waals surface area contributed by atoms with Crippen molar-refractivity contribution in [3.8, 4) is 0 Å². The van der Waals surface area contributed by atoms with Gasteiger partial charge in [0.1, 0.15) is 5.82 Å². The normalized spacial score (nSPS) is 20.1. The van der Waals surface area contributed by atoms with Crippen molar-refractivity contribution in [2.24, 2.45) is 11.1 Å². The van der Waals surface area contributed by atoms with Crippen LogP contribution in [0, 0.1) is 5.41 Å². The van der Waals surface area contributed by atoms with E-state index < -0.39 is 0 Å². The maximum atomic E-state index is 5.58. The molecule has 1 aliphatic carbocycles. The van der Waals surface area contributed by atoms with Gasteiger partial charge in [-0.1, -0.05) is 50.3 Å². The van der Waals surface area contributed by atoms with E-state index in [1.54, 1.807) is 6.20 Å². The van der Waals surface area contributed by atoms with Crippen LogP contribution < -0.4 is 16.4 Å². The SMILES string of the molecule is C/C=c1/nc(C2=CC=CC(C)(C)C=C2)[nH]/c1=C/N. The van der Waals surface area contributed by atoms with Gasteiger partial charge in [-0.3, -0.25) is 0 Å². The summed E-state index contributed by atoms with van der Waals surface area (Å²) in [4.78, 5) is 7.77. The van der Waals surface area contributed by atoms with E-state index >= 15 is 0 Å². The third-order valence-electron chi connectivity index (χ3n) is 2.97. The second kappa shape index (κ2) is 4.69. The monoisotopic (exact) mass is 241 g/mol. The summed E-state index contributed by atoms with van der Waals surface area (Å²) in [6.07, 6.45) is 14.1. The van der Waals surface area contributed by atoms with Crippen LogP contribution in [-0.4, -0.2) is 9.97 Å². The Morgan fingerprint density at radius 2 is 2.11 bits per heavy atom. The van der Waals surface area contributed by atoms with E-state index in [2.05, 4.69) is 54.2 Å². The molecular formula is C15H19N3. The number of allylic oxidation sites excluding steroid dienone is 6. The van der Waals surface area contributed by atoms with E-state index in [9.17, 15) is 0 Å². The van der Waals surface area contributed by atoms with Crippen LogP contribution in [0.2, 0.25) is 0 Å². The molecule has 1 heterocycles. The molecule has 1 aliphatic rings. The van der Waals surface area contributed by atoms with Gasteiger partial charge in [0, 0.05) is 17.2 Å². The lowest BCUT2D eigenvalue weighted by Gasteiger charge is -2.12. The lowest BCUT2D eigenvalue weighted by molar-refractivity contribution is 0.627. The van der Waals surface area contributed by atoms with Gasteiger partial charge in [-0.25, -0.2) is 4.98 Å². The van der Waals surface area contributed by atoms with Gasteiger partial charge in [0.25, 0.3) is 0 Å². The number of nitrogens with zero attached hydrogens (tertiary/aromatic N) is 1. The predicted octanol–water partition coefficient (Wildman–Crippen LogP) is 1.44. The van der Waals surface area contributed by atoms with E-state index in [1.165, 1.54) is 0 Å². The molecule has 1 aromatic heterocycles. The first-order valence-corrected chi connectivity index (χ1v) is 6.09. The molecule has 2 rings (SSSR count). The molecule has 0 unspecified atom stereocenters. The minimum absolute atomic E-state index is 0.0768. The van der Waals surface area contributed by atoms with E-state index in [0.717, 1.165) is 22.1 Å². The van der Waals surface area contributed by atoms with Crippen molar-refractivity contribution >= 4 is 17.8 Å². The lowest BCUT2D eigenvalue weighted by Crippen LogP contribution is -2.25. The summed E-state index contributed by atoms with van der Waals surface area (Å²) < 4.78 is 0. The summed E-state index contributed by atoms with van der Waals surface area (Å²) in [6, 6.07) is 0. The zero-order valence-electron chi connectivity index (χ0n) is 11.1. The molecule has 0 fully saturated rings. The largest absolute Gasteiger partial charge is 0.403 e. The fraction of sp³-hybridized carbons (Fsp3) is 0.267. The minimum Gasteiger partial charge on any atom is -0.403 e. The lowest BCUT2D eigenvalue weighted by atomic mass is 9.93. The van der Waals surface area contributed by atoms with E-state index in [4.69, 9.17) is 5.73 Å². The maximum absolute atomic E-state index is 5.58. The summed E-state index contributed by atoms with van der Waals surface area (Å²) in [5, 5.41) is 1.74. The van der Waals surface area contributed by atoms with Gasteiger partial charge in [0.05, 0.1) is 10.7 Å². The van der Waals surface area contributed by atoms with Gasteiger partial charge in [-0.05, 0) is 6.92 Å². The standard InChI is InChI=1S/C15H19N3/c1-4-12-13(10-16)18-14(17-12)11-6-5-8-15(2,3)9-7-11/h4-10H,16H2,1-3H3,(H,17,18)/b12-4+,13-10+. The quantitative estimate of drug-likeness (QED) is 0.781. The van der Waals surface area contributed by atoms with E-state index in [-0.39, 0.29) is 5.41 Å². The number of hydrogen-bond acceptors (Lipinski definition) is 2. The summed E-state index contributed by atoms with van der Waals surface area (Å²) >= 11 is 0. The highest BCUT2D eigenvalue weighted by Crippen LogP contribution is 2.24. The van der Waals surface area contributed by atoms with Crippen molar-refractivity contribution in [1.29, 1.82) is 0 Å². The first-order chi connectivity index (χ1) is 8.55. The van der Waals surface area contributed by atoms with Crippen LogP contribution in [0.25, 0.3) is 17.8 Å². The zero-order chi connectivity index (χ0) is 13.2. The number of aromatic nitrogens is 2. The summed E-state index contributed by atoms with van der Waals surface area (Å²) in [6.45, 7) is 6.29. The van der Waals surface area contributed by atoms with Crippen LogP contribution >= 0.6 is 0 Å². The average Bonchev–Trinajstić information content (AvgIpc) is 2.67. The highest BCUT2D eigenvalue weighted by atomic mass is 14.9. The highest BCUT2D eigenvalue weighted by Gasteiger charge is 2.12. The molecule has 0 spiro atoms. The van der Waals surface area contributed by atoms with Crippen LogP contribution in [0.1, 0.15) is 26.6 Å². The minimum atomic E-state index is 0.0768. The van der Waals surface area contributed by atoms with Crippen LogP contribution in [0.4, 0.5) is 0 Å². The Labute approximate surface area is 107 Å². The van der Waals surface area contributed by atoms with Crippen LogP contribution in [-0.2, 0) is 0 Å². The Bertz CT molecular complexity index is 608. The molecule has 18 heavy (non-hydrogen) atoms. The van der Waals surface area contributed by atoms with Crippen molar-refractivity contribution in [1.82, 2.24) is 9.97 Å². The molecule has 3 nitrogen and oxygen atoms in total. The topological polar surface area (TPSA) is 54.7 Å². The molecule has 0 bridgehead atoms. The van der Waals surface area contributed by atoms with Gasteiger partial charge in [0.2, 0.25) is 0 Å². The van der Waals surface area contributed by atoms with Crippen molar-refractivity contribution < 1.29 is 0 Å². The second-order valence-electron chi connectivity index (χ2n) is 4.98. The zero-order valence-corrected chi connectivity index (χ0v) is 11.1. The fourth-order valence-electron chi connectivity index (χ4n) is 1.86. The van der Waals surface area contributed by atoms with Crippen LogP contribution in [0.15, 0.2) is 30.4 Å². The van der Waals surface area contributed by atoms with Crippen molar-refractivity contribution in [3.05, 3.63) is 46.9 Å². The Hall–Kier alpha value is -2.03. The van der Waals surface area contributed by atoms with Crippen LogP contribution in [0.5, 0.6) is 0 Å². The predicted molar refractivity (Wildman–Crippen MR) is 76.7 cm³/mol. The van der Waals surface area contributed by atoms with Gasteiger partial charge in [-0.2, -0.15) is 0 Å². The molecule has 0 aliphatic heterocycles. The van der Waals surface area contributed by atoms with E-state index in [0.29, 0.717) is 0 Å². The highest BCUT2D eigenvalue weighted by molar-refractivity contribution is 5.72. The number of hydrogen-bond donors (Lipinski definition) is 2. The molecule has 94 valence electrons. The van der Waals surface area contributed by atoms with Gasteiger partial charge < -0.3 is 10.7 Å². The summed E-state index contributed by atoms with van der Waals surface area (Å²) in [5.74, 6) is 0.846. The smallest absolute Gasteiger partial charge is 0.138 e. The van der Waals surface area contributed by atoms with Gasteiger partial charge in [-0.15, -0.1) is 0 Å². The van der Waals surface area contributed by atoms with Crippen molar-refractivity contribution in [2.75, 3.05) is 0 Å². The van der Waals surface area contributed by atoms with Gasteiger partial charge in [0.15, 0.2) is 0 Å². The van der Waals surface area contributed by atoms with Crippen LogP contribution in [0.3, 0.4) is 0 Å². The molecule has 0 amide bonds. The maximum Gasteiger partial charge on any atom is 0.138 e. The fourth-order valence-corrected chi connectivity index (χ4v) is 1.86. The summed E-state index contributed by atoms with van der Waals surface area (Å²) in [7, 11) is 0. The molecule has 1 aromatic rings. The molecule has 0 saturated heterocycles. The Morgan fingerprint density at radius 1 is 1.33 bits per heavy atom. The third-order valence-corrected chi connectivity index (χ3v) is 2.97. The number of aromatic amines is 1. The number of imidazole rings is 1. The number of nitrogens with one attached hydrogen (secondary N) is 1. The third kappa shape index (κ3) is 2.45. The Morgan fingerprint density at radius 3 is 2.72 bits per heavy atom. The number of rotatable bonds is 1. The molecule has 0 radical (unpaired) electrons. The molecule has 3 N–H and O–H groups in total.